The van der Waals surface area contributed by atoms with Gasteiger partial charge in [0, 0.05) is 13.1 Å². The summed E-state index contributed by atoms with van der Waals surface area (Å²) in [5.41, 5.74) is 3.42. The molecule has 0 amide bonds. The normalized spacial score (nSPS) is 14.3. The van der Waals surface area contributed by atoms with Crippen LogP contribution in [0.3, 0.4) is 0 Å². The van der Waals surface area contributed by atoms with Gasteiger partial charge in [-0.05, 0) is 49.2 Å². The maximum absolute atomic E-state index is 12.6. The Balaban J connectivity index is 1.51. The van der Waals surface area contributed by atoms with Gasteiger partial charge in [-0.3, -0.25) is 9.69 Å². The Bertz CT molecular complexity index is 997. The van der Waals surface area contributed by atoms with E-state index in [0.717, 1.165) is 19.6 Å². The number of para-hydroxylation sites is 1. The maximum atomic E-state index is 12.6. The predicted octanol–water partition coefficient (Wildman–Crippen LogP) is 4.09. The third-order valence-corrected chi connectivity index (χ3v) is 5.47. The van der Waals surface area contributed by atoms with Crippen LogP contribution in [-0.4, -0.2) is 27.8 Å². The van der Waals surface area contributed by atoms with Crippen LogP contribution in [0.25, 0.3) is 5.69 Å². The molecule has 1 saturated heterocycles. The van der Waals surface area contributed by atoms with Crippen LogP contribution in [0.4, 0.5) is 5.69 Å². The Hall–Kier alpha value is -2.63. The van der Waals surface area contributed by atoms with Gasteiger partial charge in [-0.25, -0.2) is 0 Å². The molecule has 2 heterocycles. The maximum Gasteiger partial charge on any atom is 0.292 e. The smallest absolute Gasteiger partial charge is 0.292 e. The summed E-state index contributed by atoms with van der Waals surface area (Å²) in [5.74, 6) is 0. The van der Waals surface area contributed by atoms with Crippen molar-refractivity contribution in [3.63, 3.8) is 0 Å². The molecule has 144 valence electrons. The molecule has 1 aliphatic rings. The number of rotatable bonds is 6. The number of halogens is 1. The molecule has 1 aromatic heterocycles. The van der Waals surface area contributed by atoms with Crippen LogP contribution in [0.2, 0.25) is 5.02 Å². The first-order valence-electron chi connectivity index (χ1n) is 9.58. The van der Waals surface area contributed by atoms with Crippen LogP contribution in [0.1, 0.15) is 24.0 Å². The Kier molecular flexibility index (Phi) is 5.74. The minimum atomic E-state index is -0.330. The topological polar surface area (TPSA) is 50.2 Å². The van der Waals surface area contributed by atoms with Crippen molar-refractivity contribution in [2.24, 2.45) is 0 Å². The lowest BCUT2D eigenvalue weighted by atomic mass is 10.1. The molecule has 0 radical (unpaired) electrons. The molecule has 1 fully saturated rings. The van der Waals surface area contributed by atoms with Gasteiger partial charge in [0.05, 0.1) is 17.6 Å². The summed E-state index contributed by atoms with van der Waals surface area (Å²) < 4.78 is 1.31. The molecule has 0 spiro atoms. The van der Waals surface area contributed by atoms with Crippen molar-refractivity contribution in [1.29, 1.82) is 0 Å². The summed E-state index contributed by atoms with van der Waals surface area (Å²) >= 11 is 6.35. The summed E-state index contributed by atoms with van der Waals surface area (Å²) in [4.78, 5) is 15.1. The second-order valence-electron chi connectivity index (χ2n) is 7.03. The zero-order valence-electron chi connectivity index (χ0n) is 15.6. The van der Waals surface area contributed by atoms with E-state index < -0.39 is 0 Å². The van der Waals surface area contributed by atoms with Gasteiger partial charge in [0.1, 0.15) is 5.02 Å². The first kappa shape index (κ1) is 18.7. The Morgan fingerprint density at radius 3 is 2.39 bits per heavy atom. The van der Waals surface area contributed by atoms with Crippen molar-refractivity contribution >= 4 is 17.3 Å². The van der Waals surface area contributed by atoms with E-state index in [1.165, 1.54) is 28.7 Å². The number of nitrogens with one attached hydrogen (secondary N) is 1. The number of likely N-dealkylation sites (tertiary alicyclic amines) is 1. The highest BCUT2D eigenvalue weighted by molar-refractivity contribution is 6.32. The minimum Gasteiger partial charge on any atom is -0.378 e. The molecule has 2 aromatic carbocycles. The highest BCUT2D eigenvalue weighted by Gasteiger charge is 2.14. The molecule has 6 heteroatoms. The van der Waals surface area contributed by atoms with Crippen molar-refractivity contribution in [1.82, 2.24) is 14.7 Å². The number of nitrogens with zero attached hydrogens (tertiary/aromatic N) is 3. The van der Waals surface area contributed by atoms with Gasteiger partial charge < -0.3 is 5.32 Å². The number of anilines is 1. The fourth-order valence-corrected chi connectivity index (χ4v) is 3.76. The van der Waals surface area contributed by atoms with Crippen LogP contribution in [0, 0.1) is 0 Å². The average molecular weight is 395 g/mol. The quantitative estimate of drug-likeness (QED) is 0.684. The van der Waals surface area contributed by atoms with Crippen LogP contribution in [0.15, 0.2) is 65.6 Å². The van der Waals surface area contributed by atoms with Gasteiger partial charge in [0.2, 0.25) is 0 Å². The summed E-state index contributed by atoms with van der Waals surface area (Å²) in [6.45, 7) is 3.88. The summed E-state index contributed by atoms with van der Waals surface area (Å²) in [6.07, 6.45) is 4.17. The Morgan fingerprint density at radius 1 is 0.964 bits per heavy atom. The number of hydrogen-bond donors (Lipinski definition) is 1. The van der Waals surface area contributed by atoms with E-state index in [9.17, 15) is 4.79 Å². The molecule has 1 N–H and O–H groups in total. The third-order valence-electron chi connectivity index (χ3n) is 5.10. The lowest BCUT2D eigenvalue weighted by molar-refractivity contribution is 0.330. The largest absolute Gasteiger partial charge is 0.378 e. The molecule has 3 aromatic rings. The van der Waals surface area contributed by atoms with Crippen LogP contribution >= 0.6 is 11.6 Å². The lowest BCUT2D eigenvalue weighted by Crippen LogP contribution is -2.23. The summed E-state index contributed by atoms with van der Waals surface area (Å²) in [6, 6.07) is 17.7. The second-order valence-corrected chi connectivity index (χ2v) is 7.41. The molecule has 4 rings (SSSR count). The molecular weight excluding hydrogens is 372 g/mol. The van der Waals surface area contributed by atoms with Crippen molar-refractivity contribution in [2.45, 2.75) is 25.9 Å². The second kappa shape index (κ2) is 8.59. The predicted molar refractivity (Wildman–Crippen MR) is 113 cm³/mol. The lowest BCUT2D eigenvalue weighted by Gasteiger charge is -2.18. The first-order valence-corrected chi connectivity index (χ1v) is 9.96. The molecule has 0 atom stereocenters. The van der Waals surface area contributed by atoms with Crippen LogP contribution in [0.5, 0.6) is 0 Å². The van der Waals surface area contributed by atoms with E-state index in [-0.39, 0.29) is 10.6 Å². The van der Waals surface area contributed by atoms with Crippen LogP contribution in [-0.2, 0) is 13.1 Å². The molecule has 5 nitrogen and oxygen atoms in total. The first-order chi connectivity index (χ1) is 13.7. The molecule has 0 bridgehead atoms. The van der Waals surface area contributed by atoms with Crippen molar-refractivity contribution < 1.29 is 0 Å². The summed E-state index contributed by atoms with van der Waals surface area (Å²) in [7, 11) is 0. The van der Waals surface area contributed by atoms with Crippen molar-refractivity contribution in [2.75, 3.05) is 18.4 Å². The zero-order valence-corrected chi connectivity index (χ0v) is 16.4. The standard InChI is InChI=1S/C22H23ClN4O/c23-21-20(15-25-27(22(21)28)19-10-2-1-3-11-19)24-14-17-8-4-5-9-18(17)16-26-12-6-7-13-26/h1-5,8-11,15,24H,6-7,12-14,16H2. The average Bonchev–Trinajstić information content (AvgIpc) is 3.24. The molecular formula is C22H23ClN4O. The summed E-state index contributed by atoms with van der Waals surface area (Å²) in [5, 5.41) is 7.71. The van der Waals surface area contributed by atoms with Gasteiger partial charge in [-0.2, -0.15) is 9.78 Å². The zero-order chi connectivity index (χ0) is 19.3. The Labute approximate surface area is 169 Å². The highest BCUT2D eigenvalue weighted by Crippen LogP contribution is 2.20. The Morgan fingerprint density at radius 2 is 1.64 bits per heavy atom. The van der Waals surface area contributed by atoms with Gasteiger partial charge >= 0.3 is 0 Å². The third kappa shape index (κ3) is 4.11. The highest BCUT2D eigenvalue weighted by atomic mass is 35.5. The van der Waals surface area contributed by atoms with Gasteiger partial charge in [0.25, 0.3) is 5.56 Å². The number of benzene rings is 2. The van der Waals surface area contributed by atoms with E-state index in [0.29, 0.717) is 17.9 Å². The van der Waals surface area contributed by atoms with E-state index in [4.69, 9.17) is 11.6 Å². The fourth-order valence-electron chi connectivity index (χ4n) is 3.57. The molecule has 1 aliphatic heterocycles. The van der Waals surface area contributed by atoms with Gasteiger partial charge in [0.15, 0.2) is 0 Å². The molecule has 0 unspecified atom stereocenters. The van der Waals surface area contributed by atoms with Gasteiger partial charge in [-0.1, -0.05) is 54.1 Å². The molecule has 28 heavy (non-hydrogen) atoms. The van der Waals surface area contributed by atoms with Crippen LogP contribution < -0.4 is 10.9 Å². The molecule has 0 aliphatic carbocycles. The van der Waals surface area contributed by atoms with Gasteiger partial charge in [-0.15, -0.1) is 0 Å². The van der Waals surface area contributed by atoms with E-state index >= 15 is 0 Å². The van der Waals surface area contributed by atoms with E-state index in [1.807, 2.05) is 36.4 Å². The van der Waals surface area contributed by atoms with Crippen molar-refractivity contribution in [3.05, 3.63) is 87.3 Å². The minimum absolute atomic E-state index is 0.149. The van der Waals surface area contributed by atoms with E-state index in [2.05, 4.69) is 33.5 Å². The SMILES string of the molecule is O=c1c(Cl)c(NCc2ccccc2CN2CCCC2)cnn1-c1ccccc1. The van der Waals surface area contributed by atoms with Crippen molar-refractivity contribution in [3.8, 4) is 5.69 Å². The van der Waals surface area contributed by atoms with E-state index in [1.54, 1.807) is 6.20 Å². The molecule has 0 saturated carbocycles. The number of aromatic nitrogens is 2. The monoisotopic (exact) mass is 394 g/mol. The number of hydrogen-bond acceptors (Lipinski definition) is 4. The fraction of sp³-hybridized carbons (Fsp3) is 0.273.